The van der Waals surface area contributed by atoms with Crippen molar-refractivity contribution in [2.45, 2.75) is 56.9 Å². The summed E-state index contributed by atoms with van der Waals surface area (Å²) in [4.78, 5) is 7.45. The molecule has 9 rings (SSSR count). The van der Waals surface area contributed by atoms with Crippen LogP contribution in [0.3, 0.4) is 0 Å². The first-order valence-corrected chi connectivity index (χ1v) is 25.4. The van der Waals surface area contributed by atoms with Gasteiger partial charge < -0.3 is 25.4 Å². The molecule has 0 amide bonds. The Labute approximate surface area is 419 Å². The van der Waals surface area contributed by atoms with E-state index in [9.17, 15) is 17.6 Å². The normalized spacial score (nSPS) is 17.1. The van der Waals surface area contributed by atoms with Gasteiger partial charge in [0.1, 0.15) is 17.3 Å². The summed E-state index contributed by atoms with van der Waals surface area (Å²) in [6.07, 6.45) is -0.907. The van der Waals surface area contributed by atoms with E-state index in [1.165, 1.54) is 33.9 Å². The van der Waals surface area contributed by atoms with Crippen molar-refractivity contribution >= 4 is 0 Å². The number of para-hydroxylation sites is 1. The first kappa shape index (κ1) is 53.2. The summed E-state index contributed by atoms with van der Waals surface area (Å²) in [5, 5.41) is 10.2. The minimum atomic E-state index is -4.34. The molecule has 3 aliphatic heterocycles. The lowest BCUT2D eigenvalue weighted by atomic mass is 9.93. The Kier molecular flexibility index (Phi) is 20.9. The van der Waals surface area contributed by atoms with Gasteiger partial charge in [0.25, 0.3) is 0 Å². The van der Waals surface area contributed by atoms with Gasteiger partial charge in [-0.05, 0) is 77.3 Å². The Balaban J connectivity index is 0.000000157. The average Bonchev–Trinajstić information content (AvgIpc) is 3.42. The standard InChI is InChI=1S/C20H23F3N2O.C20H26N2.C19H23FN2O/c21-20(22,23)15-26-19-9-5-4-8-17(19)14-18(16-6-2-1-3-7-16)25-12-10-24-11-13-25;1-2-17-8-6-7-11-19(17)16-20(18-9-4-3-5-10-18)22-14-12-21-13-15-22;1-23-19-9-5-8-17(20)16(19)14-18(15-6-3-2-4-7-15)22-12-10-21-11-13-22/h1-9,18,24H,10-15H2;3-11,20-21H,2,12-16H2,1H3;2-9,18,21H,10-14H2,1H3. The van der Waals surface area contributed by atoms with Gasteiger partial charge in [-0.3, -0.25) is 14.7 Å². The molecule has 0 aromatic heterocycles. The molecule has 3 unspecified atom stereocenters. The molecule has 8 nitrogen and oxygen atoms in total. The van der Waals surface area contributed by atoms with Gasteiger partial charge in [-0.1, -0.05) is 146 Å². The number of hydrogen-bond acceptors (Lipinski definition) is 8. The maximum Gasteiger partial charge on any atom is 0.422 e. The van der Waals surface area contributed by atoms with E-state index in [0.29, 0.717) is 35.9 Å². The maximum absolute atomic E-state index is 14.4. The number of benzene rings is 6. The molecule has 12 heteroatoms. The molecular formula is C59H72F4N6O2. The van der Waals surface area contributed by atoms with E-state index >= 15 is 0 Å². The monoisotopic (exact) mass is 973 g/mol. The zero-order valence-corrected chi connectivity index (χ0v) is 41.4. The predicted octanol–water partition coefficient (Wildman–Crippen LogP) is 10.3. The van der Waals surface area contributed by atoms with Crippen molar-refractivity contribution in [3.05, 3.63) is 202 Å². The molecule has 6 aromatic carbocycles. The number of halogens is 4. The largest absolute Gasteiger partial charge is 0.496 e. The van der Waals surface area contributed by atoms with Crippen LogP contribution in [0.15, 0.2) is 158 Å². The first-order valence-electron chi connectivity index (χ1n) is 25.4. The van der Waals surface area contributed by atoms with Gasteiger partial charge in [0.05, 0.1) is 7.11 Å². The van der Waals surface area contributed by atoms with Crippen molar-refractivity contribution in [2.24, 2.45) is 0 Å². The van der Waals surface area contributed by atoms with Gasteiger partial charge in [0.2, 0.25) is 0 Å². The molecular weight excluding hydrogens is 901 g/mol. The Hall–Kier alpha value is -5.60. The number of nitrogens with zero attached hydrogens (tertiary/aromatic N) is 3. The SMILES string of the molecule is CCc1ccccc1CC(c1ccccc1)N1CCNCC1.COc1cccc(F)c1CC(c1ccccc1)N1CCNCC1.FC(F)(F)COc1ccccc1CC(c1ccccc1)N1CCNCC1. The molecule has 3 atom stereocenters. The predicted molar refractivity (Wildman–Crippen MR) is 279 cm³/mol. The molecule has 3 saturated heterocycles. The molecule has 0 bridgehead atoms. The maximum atomic E-state index is 14.4. The number of alkyl halides is 3. The number of methoxy groups -OCH3 is 1. The van der Waals surface area contributed by atoms with Gasteiger partial charge in [-0.2, -0.15) is 13.2 Å². The summed E-state index contributed by atoms with van der Waals surface area (Å²) in [5.74, 6) is 0.738. The molecule has 0 aliphatic carbocycles. The Morgan fingerprint density at radius 2 is 0.845 bits per heavy atom. The third-order valence-corrected chi connectivity index (χ3v) is 13.7. The lowest BCUT2D eigenvalue weighted by Gasteiger charge is -2.35. The molecule has 3 fully saturated rings. The van der Waals surface area contributed by atoms with Crippen molar-refractivity contribution < 1.29 is 27.0 Å². The Morgan fingerprint density at radius 1 is 0.465 bits per heavy atom. The van der Waals surface area contributed by atoms with E-state index in [2.05, 4.69) is 116 Å². The second-order valence-corrected chi connectivity index (χ2v) is 18.3. The summed E-state index contributed by atoms with van der Waals surface area (Å²) >= 11 is 0. The molecule has 3 N–H and O–H groups in total. The zero-order valence-electron chi connectivity index (χ0n) is 41.4. The fourth-order valence-corrected chi connectivity index (χ4v) is 9.99. The average molecular weight is 973 g/mol. The van der Waals surface area contributed by atoms with Crippen LogP contribution < -0.4 is 25.4 Å². The highest BCUT2D eigenvalue weighted by Crippen LogP contribution is 2.33. The van der Waals surface area contributed by atoms with E-state index in [1.54, 1.807) is 25.3 Å². The Morgan fingerprint density at radius 3 is 1.28 bits per heavy atom. The van der Waals surface area contributed by atoms with Gasteiger partial charge in [-0.15, -0.1) is 0 Å². The molecule has 378 valence electrons. The van der Waals surface area contributed by atoms with Crippen LogP contribution in [0.2, 0.25) is 0 Å². The fraction of sp³-hybridized carbons (Fsp3) is 0.390. The number of rotatable bonds is 16. The van der Waals surface area contributed by atoms with Crippen LogP contribution in [-0.2, 0) is 25.7 Å². The fourth-order valence-electron chi connectivity index (χ4n) is 9.99. The number of aryl methyl sites for hydroxylation is 1. The lowest BCUT2D eigenvalue weighted by molar-refractivity contribution is -0.153. The van der Waals surface area contributed by atoms with Gasteiger partial charge in [-0.25, -0.2) is 4.39 Å². The van der Waals surface area contributed by atoms with Crippen molar-refractivity contribution in [2.75, 3.05) is 92.3 Å². The smallest absolute Gasteiger partial charge is 0.422 e. The molecule has 0 radical (unpaired) electrons. The van der Waals surface area contributed by atoms with E-state index in [0.717, 1.165) is 96.9 Å². The van der Waals surface area contributed by atoms with Gasteiger partial charge in [0, 0.05) is 102 Å². The minimum Gasteiger partial charge on any atom is -0.496 e. The summed E-state index contributed by atoms with van der Waals surface area (Å²) in [7, 11) is 1.60. The molecule has 3 aliphatic rings. The van der Waals surface area contributed by atoms with Crippen LogP contribution in [0, 0.1) is 5.82 Å². The van der Waals surface area contributed by atoms with Gasteiger partial charge >= 0.3 is 6.18 Å². The lowest BCUT2D eigenvalue weighted by Crippen LogP contribution is -2.45. The molecule has 3 heterocycles. The molecule has 6 aromatic rings. The van der Waals surface area contributed by atoms with E-state index in [1.807, 2.05) is 54.6 Å². The molecule has 71 heavy (non-hydrogen) atoms. The highest BCUT2D eigenvalue weighted by molar-refractivity contribution is 5.38. The van der Waals surface area contributed by atoms with Crippen LogP contribution in [0.1, 0.15) is 64.0 Å². The minimum absolute atomic E-state index is 0.105. The highest BCUT2D eigenvalue weighted by atomic mass is 19.4. The van der Waals surface area contributed by atoms with Crippen LogP contribution in [0.4, 0.5) is 17.6 Å². The molecule has 0 spiro atoms. The van der Waals surface area contributed by atoms with Crippen molar-refractivity contribution in [3.63, 3.8) is 0 Å². The van der Waals surface area contributed by atoms with Crippen LogP contribution in [0.5, 0.6) is 11.5 Å². The number of hydrogen-bond donors (Lipinski definition) is 3. The highest BCUT2D eigenvalue weighted by Gasteiger charge is 2.30. The first-order chi connectivity index (χ1) is 34.7. The second-order valence-electron chi connectivity index (χ2n) is 18.3. The number of nitrogens with one attached hydrogen (secondary N) is 3. The van der Waals surface area contributed by atoms with E-state index in [4.69, 9.17) is 9.47 Å². The topological polar surface area (TPSA) is 64.3 Å². The summed E-state index contributed by atoms with van der Waals surface area (Å²) in [6.45, 7) is 13.0. The van der Waals surface area contributed by atoms with E-state index in [-0.39, 0.29) is 17.9 Å². The molecule has 0 saturated carbocycles. The van der Waals surface area contributed by atoms with Crippen LogP contribution in [-0.4, -0.2) is 113 Å². The van der Waals surface area contributed by atoms with Crippen molar-refractivity contribution in [3.8, 4) is 11.5 Å². The van der Waals surface area contributed by atoms with Crippen molar-refractivity contribution in [1.29, 1.82) is 0 Å². The van der Waals surface area contributed by atoms with Gasteiger partial charge in [0.15, 0.2) is 6.61 Å². The van der Waals surface area contributed by atoms with Crippen LogP contribution >= 0.6 is 0 Å². The second kappa shape index (κ2) is 27.9. The third-order valence-electron chi connectivity index (χ3n) is 13.7. The van der Waals surface area contributed by atoms with E-state index < -0.39 is 12.8 Å². The summed E-state index contributed by atoms with van der Waals surface area (Å²) in [6, 6.07) is 53.2. The zero-order chi connectivity index (χ0) is 49.7. The number of piperazine rings is 3. The van der Waals surface area contributed by atoms with Crippen molar-refractivity contribution in [1.82, 2.24) is 30.7 Å². The number of ether oxygens (including phenoxy) is 2. The summed E-state index contributed by atoms with van der Waals surface area (Å²) in [5.41, 5.74) is 8.26. The quantitative estimate of drug-likeness (QED) is 0.0830. The Bertz CT molecular complexity index is 2430. The third kappa shape index (κ3) is 16.2. The summed E-state index contributed by atoms with van der Waals surface area (Å²) < 4.78 is 62.5. The van der Waals surface area contributed by atoms with Crippen LogP contribution in [0.25, 0.3) is 0 Å².